The molecule has 146 valence electrons. The summed E-state index contributed by atoms with van der Waals surface area (Å²) in [5.41, 5.74) is 1.65. The highest BCUT2D eigenvalue weighted by Crippen LogP contribution is 2.23. The summed E-state index contributed by atoms with van der Waals surface area (Å²) in [6.45, 7) is 0.0270. The molecule has 0 spiro atoms. The lowest BCUT2D eigenvalue weighted by Gasteiger charge is -2.13. The monoisotopic (exact) mass is 419 g/mol. The molecule has 1 heterocycles. The van der Waals surface area contributed by atoms with Gasteiger partial charge in [0.1, 0.15) is 6.61 Å². The second-order valence-electron chi connectivity index (χ2n) is 6.12. The first-order valence-corrected chi connectivity index (χ1v) is 10.1. The number of hydrogen-bond acceptors (Lipinski definition) is 5. The van der Waals surface area contributed by atoms with Crippen LogP contribution in [0.3, 0.4) is 0 Å². The SMILES string of the molecule is CN(C)S(=O)(=O)c1ccc(Cl)c(C(=O)OCc2ccc(-n3cccn3)cc2)c1. The third kappa shape index (κ3) is 4.24. The normalized spacial score (nSPS) is 11.6. The first kappa shape index (κ1) is 20.1. The van der Waals surface area contributed by atoms with E-state index in [1.165, 1.54) is 32.3 Å². The highest BCUT2D eigenvalue weighted by atomic mass is 35.5. The van der Waals surface area contributed by atoms with Crippen LogP contribution >= 0.6 is 11.6 Å². The number of carbonyl (C=O) groups is 1. The number of ether oxygens (including phenoxy) is 1. The second kappa shape index (κ2) is 8.14. The fourth-order valence-corrected chi connectivity index (χ4v) is 3.55. The van der Waals surface area contributed by atoms with Crippen molar-refractivity contribution in [3.05, 3.63) is 77.1 Å². The average molecular weight is 420 g/mol. The smallest absolute Gasteiger partial charge is 0.340 e. The van der Waals surface area contributed by atoms with E-state index < -0.39 is 16.0 Å². The molecule has 0 bridgehead atoms. The molecule has 0 saturated heterocycles. The zero-order valence-electron chi connectivity index (χ0n) is 15.2. The van der Waals surface area contributed by atoms with Gasteiger partial charge in [-0.25, -0.2) is 22.2 Å². The molecule has 7 nitrogen and oxygen atoms in total. The number of hydrogen-bond donors (Lipinski definition) is 0. The van der Waals surface area contributed by atoms with Gasteiger partial charge in [-0.05, 0) is 42.0 Å². The van der Waals surface area contributed by atoms with Gasteiger partial charge in [0.2, 0.25) is 10.0 Å². The minimum Gasteiger partial charge on any atom is -0.457 e. The number of aromatic nitrogens is 2. The van der Waals surface area contributed by atoms with Crippen LogP contribution in [-0.4, -0.2) is 42.6 Å². The standard InChI is InChI=1S/C19H18ClN3O4S/c1-22(2)28(25,26)16-8-9-18(20)17(12-16)19(24)27-13-14-4-6-15(7-5-14)23-11-3-10-21-23/h3-12H,13H2,1-2H3. The number of carbonyl (C=O) groups excluding carboxylic acids is 1. The molecule has 0 N–H and O–H groups in total. The molecule has 0 aliphatic heterocycles. The molecule has 0 fully saturated rings. The minimum absolute atomic E-state index is 0.00208. The summed E-state index contributed by atoms with van der Waals surface area (Å²) in [4.78, 5) is 12.4. The van der Waals surface area contributed by atoms with E-state index in [4.69, 9.17) is 16.3 Å². The van der Waals surface area contributed by atoms with Crippen molar-refractivity contribution < 1.29 is 17.9 Å². The molecule has 0 unspecified atom stereocenters. The number of sulfonamides is 1. The van der Waals surface area contributed by atoms with Crippen LogP contribution in [-0.2, 0) is 21.4 Å². The van der Waals surface area contributed by atoms with E-state index in [0.29, 0.717) is 0 Å². The van der Waals surface area contributed by atoms with Gasteiger partial charge in [0.25, 0.3) is 0 Å². The Morgan fingerprint density at radius 2 is 1.89 bits per heavy atom. The van der Waals surface area contributed by atoms with Gasteiger partial charge in [-0.15, -0.1) is 0 Å². The van der Waals surface area contributed by atoms with Gasteiger partial charge in [0.05, 0.1) is 21.2 Å². The largest absolute Gasteiger partial charge is 0.457 e. The number of benzene rings is 2. The fourth-order valence-electron chi connectivity index (χ4n) is 2.43. The van der Waals surface area contributed by atoms with Crippen molar-refractivity contribution in [1.29, 1.82) is 0 Å². The topological polar surface area (TPSA) is 81.5 Å². The molecular weight excluding hydrogens is 402 g/mol. The minimum atomic E-state index is -3.68. The average Bonchev–Trinajstić information content (AvgIpc) is 3.21. The molecule has 1 aromatic heterocycles. The maximum absolute atomic E-state index is 12.4. The van der Waals surface area contributed by atoms with Gasteiger partial charge in [0, 0.05) is 26.5 Å². The van der Waals surface area contributed by atoms with E-state index in [0.717, 1.165) is 15.6 Å². The lowest BCUT2D eigenvalue weighted by molar-refractivity contribution is 0.0472. The van der Waals surface area contributed by atoms with Gasteiger partial charge < -0.3 is 4.74 Å². The molecule has 0 aliphatic carbocycles. The molecule has 3 rings (SSSR count). The van der Waals surface area contributed by atoms with E-state index in [1.54, 1.807) is 10.9 Å². The fraction of sp³-hybridized carbons (Fsp3) is 0.158. The van der Waals surface area contributed by atoms with Gasteiger partial charge in [-0.3, -0.25) is 0 Å². The lowest BCUT2D eigenvalue weighted by Crippen LogP contribution is -2.22. The molecule has 0 radical (unpaired) electrons. The summed E-state index contributed by atoms with van der Waals surface area (Å²) in [5, 5.41) is 4.27. The Hall–Kier alpha value is -2.68. The molecule has 0 aliphatic rings. The Bertz CT molecular complexity index is 1080. The quantitative estimate of drug-likeness (QED) is 0.573. The van der Waals surface area contributed by atoms with Gasteiger partial charge in [-0.1, -0.05) is 23.7 Å². The summed E-state index contributed by atoms with van der Waals surface area (Å²) in [7, 11) is -0.861. The molecule has 2 aromatic carbocycles. The zero-order valence-corrected chi connectivity index (χ0v) is 16.8. The third-order valence-electron chi connectivity index (χ3n) is 4.01. The van der Waals surface area contributed by atoms with E-state index in [-0.39, 0.29) is 22.1 Å². The summed E-state index contributed by atoms with van der Waals surface area (Å²) in [6, 6.07) is 13.1. The summed E-state index contributed by atoms with van der Waals surface area (Å²) < 4.78 is 32.6. The van der Waals surface area contributed by atoms with Crippen LogP contribution in [0.25, 0.3) is 5.69 Å². The molecule has 0 atom stereocenters. The predicted octanol–water partition coefficient (Wildman–Crippen LogP) is 3.13. The Morgan fingerprint density at radius 3 is 2.50 bits per heavy atom. The van der Waals surface area contributed by atoms with Gasteiger partial charge in [-0.2, -0.15) is 5.10 Å². The Kier molecular flexibility index (Phi) is 5.83. The van der Waals surface area contributed by atoms with Crippen LogP contribution in [0.5, 0.6) is 0 Å². The van der Waals surface area contributed by atoms with Crippen molar-refractivity contribution in [2.24, 2.45) is 0 Å². The Labute approximate surface area is 168 Å². The van der Waals surface area contributed by atoms with Crippen LogP contribution in [0.4, 0.5) is 0 Å². The summed E-state index contributed by atoms with van der Waals surface area (Å²) >= 11 is 6.06. The highest BCUT2D eigenvalue weighted by molar-refractivity contribution is 7.89. The molecular formula is C19H18ClN3O4S. The van der Waals surface area contributed by atoms with E-state index >= 15 is 0 Å². The van der Waals surface area contributed by atoms with Crippen LogP contribution < -0.4 is 0 Å². The van der Waals surface area contributed by atoms with E-state index in [2.05, 4.69) is 5.10 Å². The Balaban J connectivity index is 1.73. The number of esters is 1. The Morgan fingerprint density at radius 1 is 1.18 bits per heavy atom. The van der Waals surface area contributed by atoms with Crippen molar-refractivity contribution in [3.8, 4) is 5.69 Å². The molecule has 0 amide bonds. The van der Waals surface area contributed by atoms with E-state index in [9.17, 15) is 13.2 Å². The van der Waals surface area contributed by atoms with Gasteiger partial charge >= 0.3 is 5.97 Å². The maximum atomic E-state index is 12.4. The summed E-state index contributed by atoms with van der Waals surface area (Å²) in [5.74, 6) is -0.697. The van der Waals surface area contributed by atoms with Gasteiger partial charge in [0.15, 0.2) is 0 Å². The number of halogens is 1. The zero-order chi connectivity index (χ0) is 20.3. The summed E-state index contributed by atoms with van der Waals surface area (Å²) in [6.07, 6.45) is 3.51. The van der Waals surface area contributed by atoms with Crippen LogP contribution in [0.2, 0.25) is 5.02 Å². The predicted molar refractivity (Wildman–Crippen MR) is 105 cm³/mol. The molecule has 3 aromatic rings. The number of nitrogens with zero attached hydrogens (tertiary/aromatic N) is 3. The molecule has 0 saturated carbocycles. The number of rotatable bonds is 6. The second-order valence-corrected chi connectivity index (χ2v) is 8.68. The van der Waals surface area contributed by atoms with Crippen LogP contribution in [0.15, 0.2) is 65.8 Å². The highest BCUT2D eigenvalue weighted by Gasteiger charge is 2.21. The van der Waals surface area contributed by atoms with Crippen LogP contribution in [0.1, 0.15) is 15.9 Å². The first-order chi connectivity index (χ1) is 13.3. The van der Waals surface area contributed by atoms with Crippen molar-refractivity contribution in [3.63, 3.8) is 0 Å². The van der Waals surface area contributed by atoms with Crippen molar-refractivity contribution in [2.45, 2.75) is 11.5 Å². The van der Waals surface area contributed by atoms with Crippen molar-refractivity contribution in [2.75, 3.05) is 14.1 Å². The lowest BCUT2D eigenvalue weighted by atomic mass is 10.2. The third-order valence-corrected chi connectivity index (χ3v) is 6.15. The maximum Gasteiger partial charge on any atom is 0.340 e. The molecule has 9 heteroatoms. The molecule has 28 heavy (non-hydrogen) atoms. The first-order valence-electron chi connectivity index (χ1n) is 8.27. The van der Waals surface area contributed by atoms with Crippen molar-refractivity contribution in [1.82, 2.24) is 14.1 Å². The van der Waals surface area contributed by atoms with E-state index in [1.807, 2.05) is 36.5 Å². The van der Waals surface area contributed by atoms with Crippen molar-refractivity contribution >= 4 is 27.6 Å². The van der Waals surface area contributed by atoms with Crippen LogP contribution in [0, 0.1) is 0 Å².